The van der Waals surface area contributed by atoms with Crippen molar-refractivity contribution in [2.75, 3.05) is 5.75 Å². The summed E-state index contributed by atoms with van der Waals surface area (Å²) in [5.74, 6) is -0.758. The summed E-state index contributed by atoms with van der Waals surface area (Å²) in [7, 11) is 0. The van der Waals surface area contributed by atoms with Gasteiger partial charge in [-0.3, -0.25) is 4.79 Å². The molecule has 23 heavy (non-hydrogen) atoms. The maximum atomic E-state index is 12.3. The Balaban J connectivity index is 1.71. The standard InChI is InChI=1S/C16H14N4OS2/c1-9-3-4-12-13(5-9)20-16(19-12)23-8-14(21)11(6-17)15-18-10(2)7-22-15/h3-5,7,11H,8H2,1-2H3,(H,19,20). The van der Waals surface area contributed by atoms with Crippen molar-refractivity contribution in [1.29, 1.82) is 5.26 Å². The highest BCUT2D eigenvalue weighted by atomic mass is 32.2. The van der Waals surface area contributed by atoms with E-state index in [-0.39, 0.29) is 11.5 Å². The summed E-state index contributed by atoms with van der Waals surface area (Å²) in [4.78, 5) is 24.2. The number of rotatable bonds is 5. The average Bonchev–Trinajstić information content (AvgIpc) is 3.11. The van der Waals surface area contributed by atoms with Gasteiger partial charge in [-0.15, -0.1) is 11.3 Å². The number of imidazole rings is 1. The Bertz CT molecular complexity index is 906. The molecule has 0 saturated carbocycles. The Morgan fingerprint density at radius 2 is 2.26 bits per heavy atom. The van der Waals surface area contributed by atoms with E-state index in [4.69, 9.17) is 0 Å². The molecule has 0 aliphatic heterocycles. The maximum Gasteiger partial charge on any atom is 0.167 e. The molecule has 0 bridgehead atoms. The molecule has 0 spiro atoms. The SMILES string of the molecule is Cc1ccc2nc(SCC(=O)C(C#N)c3nc(C)cs3)[nH]c2c1. The van der Waals surface area contributed by atoms with Crippen molar-refractivity contribution < 1.29 is 4.79 Å². The number of nitriles is 1. The normalized spacial score (nSPS) is 12.2. The number of aromatic nitrogens is 3. The number of aromatic amines is 1. The van der Waals surface area contributed by atoms with E-state index in [9.17, 15) is 10.1 Å². The second kappa shape index (κ2) is 6.52. The van der Waals surface area contributed by atoms with Crippen LogP contribution in [-0.4, -0.2) is 26.5 Å². The molecular weight excluding hydrogens is 328 g/mol. The summed E-state index contributed by atoms with van der Waals surface area (Å²) < 4.78 is 0. The minimum absolute atomic E-state index is 0.150. The highest BCUT2D eigenvalue weighted by Crippen LogP contribution is 2.25. The Morgan fingerprint density at radius 1 is 1.43 bits per heavy atom. The molecule has 0 aliphatic rings. The Kier molecular flexibility index (Phi) is 4.46. The number of nitrogens with one attached hydrogen (secondary N) is 1. The first-order chi connectivity index (χ1) is 11.1. The highest BCUT2D eigenvalue weighted by molar-refractivity contribution is 7.99. The van der Waals surface area contributed by atoms with Gasteiger partial charge in [-0.2, -0.15) is 5.26 Å². The van der Waals surface area contributed by atoms with Crippen LogP contribution in [0.4, 0.5) is 0 Å². The predicted octanol–water partition coefficient (Wildman–Crippen LogP) is 3.60. The number of thioether (sulfide) groups is 1. The van der Waals surface area contributed by atoms with Crippen molar-refractivity contribution in [3.05, 3.63) is 39.8 Å². The van der Waals surface area contributed by atoms with Gasteiger partial charge in [-0.05, 0) is 31.5 Å². The first-order valence-corrected chi connectivity index (χ1v) is 8.87. The van der Waals surface area contributed by atoms with E-state index < -0.39 is 5.92 Å². The number of carbonyl (C=O) groups excluding carboxylic acids is 1. The summed E-state index contributed by atoms with van der Waals surface area (Å²) in [6, 6.07) is 8.02. The Hall–Kier alpha value is -2.17. The molecule has 0 amide bonds. The predicted molar refractivity (Wildman–Crippen MR) is 91.8 cm³/mol. The van der Waals surface area contributed by atoms with Gasteiger partial charge < -0.3 is 4.98 Å². The molecule has 0 aliphatic carbocycles. The van der Waals surface area contributed by atoms with Gasteiger partial charge in [0, 0.05) is 11.1 Å². The van der Waals surface area contributed by atoms with E-state index in [0.29, 0.717) is 10.2 Å². The quantitative estimate of drug-likeness (QED) is 0.716. The van der Waals surface area contributed by atoms with Crippen molar-refractivity contribution in [2.45, 2.75) is 24.9 Å². The third-order valence-electron chi connectivity index (χ3n) is 3.30. The van der Waals surface area contributed by atoms with Crippen LogP contribution >= 0.6 is 23.1 Å². The molecule has 116 valence electrons. The lowest BCUT2D eigenvalue weighted by Gasteiger charge is -2.03. The molecule has 3 rings (SSSR count). The maximum absolute atomic E-state index is 12.3. The number of carbonyl (C=O) groups is 1. The highest BCUT2D eigenvalue weighted by Gasteiger charge is 2.23. The van der Waals surface area contributed by atoms with Gasteiger partial charge in [0.25, 0.3) is 0 Å². The number of nitrogens with zero attached hydrogens (tertiary/aromatic N) is 3. The van der Waals surface area contributed by atoms with Gasteiger partial charge in [0.15, 0.2) is 16.9 Å². The van der Waals surface area contributed by atoms with Crippen LogP contribution < -0.4 is 0 Å². The Morgan fingerprint density at radius 3 is 2.96 bits per heavy atom. The lowest BCUT2D eigenvalue weighted by molar-refractivity contribution is -0.116. The number of hydrogen-bond donors (Lipinski definition) is 1. The van der Waals surface area contributed by atoms with Crippen molar-refractivity contribution in [2.24, 2.45) is 0 Å². The number of benzene rings is 1. The van der Waals surface area contributed by atoms with Crippen molar-refractivity contribution in [1.82, 2.24) is 15.0 Å². The summed E-state index contributed by atoms with van der Waals surface area (Å²) in [6.45, 7) is 3.87. The minimum Gasteiger partial charge on any atom is -0.333 e. The van der Waals surface area contributed by atoms with Crippen LogP contribution in [0.2, 0.25) is 0 Å². The zero-order valence-corrected chi connectivity index (χ0v) is 14.3. The second-order valence-corrected chi connectivity index (χ2v) is 7.06. The van der Waals surface area contributed by atoms with Crippen LogP contribution in [0.5, 0.6) is 0 Å². The third-order valence-corrected chi connectivity index (χ3v) is 5.22. The third kappa shape index (κ3) is 3.44. The molecular formula is C16H14N4OS2. The lowest BCUT2D eigenvalue weighted by atomic mass is 10.1. The molecule has 1 aromatic carbocycles. The van der Waals surface area contributed by atoms with Gasteiger partial charge >= 0.3 is 0 Å². The molecule has 5 nitrogen and oxygen atoms in total. The van der Waals surface area contributed by atoms with Crippen LogP contribution in [0.3, 0.4) is 0 Å². The number of Topliss-reactive ketones (excluding diaryl/α,β-unsaturated/α-hetero) is 1. The van der Waals surface area contributed by atoms with Gasteiger partial charge in [0.2, 0.25) is 0 Å². The first kappa shape index (κ1) is 15.7. The first-order valence-electron chi connectivity index (χ1n) is 7.00. The van der Waals surface area contributed by atoms with Gasteiger partial charge in [-0.25, -0.2) is 9.97 Å². The molecule has 1 unspecified atom stereocenters. The summed E-state index contributed by atoms with van der Waals surface area (Å²) in [5.41, 5.74) is 3.81. The second-order valence-electron chi connectivity index (χ2n) is 5.21. The molecule has 2 heterocycles. The van der Waals surface area contributed by atoms with E-state index in [2.05, 4.69) is 21.0 Å². The van der Waals surface area contributed by atoms with Crippen LogP contribution in [0.25, 0.3) is 11.0 Å². The molecule has 1 N–H and O–H groups in total. The van der Waals surface area contributed by atoms with Gasteiger partial charge in [0.1, 0.15) is 5.01 Å². The van der Waals surface area contributed by atoms with Gasteiger partial charge in [-0.1, -0.05) is 17.8 Å². The molecule has 2 aromatic heterocycles. The van der Waals surface area contributed by atoms with Crippen LogP contribution in [-0.2, 0) is 4.79 Å². The fourth-order valence-corrected chi connectivity index (χ4v) is 3.81. The summed E-state index contributed by atoms with van der Waals surface area (Å²) in [5, 5.41) is 12.4. The molecule has 3 aromatic rings. The molecule has 7 heteroatoms. The Labute approximate surface area is 141 Å². The molecule has 1 atom stereocenters. The zero-order valence-electron chi connectivity index (χ0n) is 12.7. The van der Waals surface area contributed by atoms with E-state index in [0.717, 1.165) is 22.3 Å². The van der Waals surface area contributed by atoms with Crippen molar-refractivity contribution in [3.63, 3.8) is 0 Å². The monoisotopic (exact) mass is 342 g/mol. The van der Waals surface area contributed by atoms with Gasteiger partial charge in [0.05, 0.1) is 22.9 Å². The topological polar surface area (TPSA) is 82.4 Å². The van der Waals surface area contributed by atoms with Crippen molar-refractivity contribution in [3.8, 4) is 6.07 Å². The summed E-state index contributed by atoms with van der Waals surface area (Å²) >= 11 is 2.67. The number of aryl methyl sites for hydroxylation is 2. The number of fused-ring (bicyclic) bond motifs is 1. The van der Waals surface area contributed by atoms with E-state index in [1.165, 1.54) is 23.1 Å². The minimum atomic E-state index is -0.798. The molecule has 0 radical (unpaired) electrons. The largest absolute Gasteiger partial charge is 0.333 e. The number of hydrogen-bond acceptors (Lipinski definition) is 6. The van der Waals surface area contributed by atoms with Crippen LogP contribution in [0, 0.1) is 25.2 Å². The zero-order chi connectivity index (χ0) is 16.4. The average molecular weight is 342 g/mol. The summed E-state index contributed by atoms with van der Waals surface area (Å²) in [6.07, 6.45) is 0. The van der Waals surface area contributed by atoms with Crippen LogP contribution in [0.1, 0.15) is 22.2 Å². The smallest absolute Gasteiger partial charge is 0.167 e. The fourth-order valence-electron chi connectivity index (χ4n) is 2.16. The number of thiazole rings is 1. The number of H-pyrrole nitrogens is 1. The number of ketones is 1. The van der Waals surface area contributed by atoms with Crippen molar-refractivity contribution >= 4 is 39.9 Å². The molecule has 0 fully saturated rings. The van der Waals surface area contributed by atoms with E-state index in [1.807, 2.05) is 37.4 Å². The molecule has 0 saturated heterocycles. The van der Waals surface area contributed by atoms with Crippen LogP contribution in [0.15, 0.2) is 28.7 Å². The fraction of sp³-hybridized carbons (Fsp3) is 0.250. The lowest BCUT2D eigenvalue weighted by Crippen LogP contribution is -2.13. The van der Waals surface area contributed by atoms with E-state index in [1.54, 1.807) is 0 Å². The van der Waals surface area contributed by atoms with E-state index >= 15 is 0 Å².